The maximum absolute atomic E-state index is 12.7. The van der Waals surface area contributed by atoms with Gasteiger partial charge in [0.2, 0.25) is 4.96 Å². The van der Waals surface area contributed by atoms with Crippen molar-refractivity contribution in [2.75, 3.05) is 0 Å². The smallest absolute Gasteiger partial charge is 0.291 e. The van der Waals surface area contributed by atoms with E-state index < -0.39 is 0 Å². The molecule has 0 aliphatic carbocycles. The van der Waals surface area contributed by atoms with Gasteiger partial charge in [0, 0.05) is 23.7 Å². The van der Waals surface area contributed by atoms with Crippen LogP contribution in [0.5, 0.6) is 5.75 Å². The van der Waals surface area contributed by atoms with Crippen LogP contribution < -0.4 is 14.8 Å². The second-order valence-electron chi connectivity index (χ2n) is 7.54. The van der Waals surface area contributed by atoms with Crippen molar-refractivity contribution in [3.05, 3.63) is 87.1 Å². The summed E-state index contributed by atoms with van der Waals surface area (Å²) in [7, 11) is 0. The molecule has 0 saturated carbocycles. The average Bonchev–Trinajstić information content (AvgIpc) is 3.54. The van der Waals surface area contributed by atoms with Crippen LogP contribution in [0.4, 0.5) is 0 Å². The molecule has 4 heterocycles. The fraction of sp³-hybridized carbons (Fsp3) is 0.130. The highest BCUT2D eigenvalue weighted by Gasteiger charge is 2.21. The maximum Gasteiger partial charge on any atom is 0.291 e. The zero-order valence-electron chi connectivity index (χ0n) is 16.6. The number of rotatable bonds is 3. The molecule has 31 heavy (non-hydrogen) atoms. The number of nitrogens with zero attached hydrogens (tertiary/aromatic N) is 5. The first-order chi connectivity index (χ1) is 15.2. The largest absolute Gasteiger partial charge is 0.490 e. The summed E-state index contributed by atoms with van der Waals surface area (Å²) >= 11 is 1.32. The predicted molar refractivity (Wildman–Crippen MR) is 119 cm³/mol. The molecule has 8 heteroatoms. The van der Waals surface area contributed by atoms with E-state index in [4.69, 9.17) is 9.84 Å². The molecule has 1 aliphatic heterocycles. The summed E-state index contributed by atoms with van der Waals surface area (Å²) in [6.45, 7) is 2.07. The summed E-state index contributed by atoms with van der Waals surface area (Å²) in [6, 6.07) is 16.1. The first kappa shape index (κ1) is 18.0. The fourth-order valence-corrected chi connectivity index (χ4v) is 4.79. The summed E-state index contributed by atoms with van der Waals surface area (Å²) in [5.74, 6) is 0.927. The maximum atomic E-state index is 12.7. The second-order valence-corrected chi connectivity index (χ2v) is 8.55. The van der Waals surface area contributed by atoms with Gasteiger partial charge < -0.3 is 4.74 Å². The third-order valence-corrected chi connectivity index (χ3v) is 6.31. The van der Waals surface area contributed by atoms with Crippen LogP contribution in [0.2, 0.25) is 0 Å². The van der Waals surface area contributed by atoms with E-state index in [0.29, 0.717) is 9.49 Å². The molecule has 0 saturated heterocycles. The van der Waals surface area contributed by atoms with Crippen LogP contribution >= 0.6 is 11.3 Å². The second kappa shape index (κ2) is 6.88. The van der Waals surface area contributed by atoms with Crippen molar-refractivity contribution in [3.63, 3.8) is 0 Å². The molecule has 0 fully saturated rings. The van der Waals surface area contributed by atoms with Gasteiger partial charge in [0.15, 0.2) is 0 Å². The molecule has 6 rings (SSSR count). The van der Waals surface area contributed by atoms with E-state index in [9.17, 15) is 4.79 Å². The SMILES string of the molecule is CC1Cc2cc(-c3nn(-c4ccccc4)cc3C=c3sc4ncnn4c3=O)ccc2O1. The Morgan fingerprint density at radius 3 is 2.90 bits per heavy atom. The quantitative estimate of drug-likeness (QED) is 0.443. The van der Waals surface area contributed by atoms with Crippen molar-refractivity contribution in [2.45, 2.75) is 19.4 Å². The van der Waals surface area contributed by atoms with Crippen molar-refractivity contribution in [3.8, 4) is 22.7 Å². The zero-order chi connectivity index (χ0) is 20.9. The summed E-state index contributed by atoms with van der Waals surface area (Å²) in [4.78, 5) is 17.4. The number of thiazole rings is 1. The molecule has 0 amide bonds. The van der Waals surface area contributed by atoms with Gasteiger partial charge in [-0.3, -0.25) is 4.79 Å². The molecule has 3 aromatic heterocycles. The fourth-order valence-electron chi connectivity index (χ4n) is 3.92. The summed E-state index contributed by atoms with van der Waals surface area (Å²) in [6.07, 6.45) is 6.27. The molecule has 0 spiro atoms. The Bertz CT molecular complexity index is 1530. The number of hydrogen-bond donors (Lipinski definition) is 0. The molecule has 0 bridgehead atoms. The van der Waals surface area contributed by atoms with Crippen LogP contribution in [-0.4, -0.2) is 30.5 Å². The molecule has 1 aliphatic rings. The molecular weight excluding hydrogens is 410 g/mol. The third kappa shape index (κ3) is 3.03. The van der Waals surface area contributed by atoms with Crippen LogP contribution in [-0.2, 0) is 6.42 Å². The lowest BCUT2D eigenvalue weighted by Crippen LogP contribution is -2.23. The van der Waals surface area contributed by atoms with Gasteiger partial charge in [-0.25, -0.2) is 9.67 Å². The molecule has 1 unspecified atom stereocenters. The summed E-state index contributed by atoms with van der Waals surface area (Å²) in [5.41, 5.74) is 4.61. The number of aromatic nitrogens is 5. The molecule has 0 radical (unpaired) electrons. The van der Waals surface area contributed by atoms with Crippen LogP contribution in [0.25, 0.3) is 28.0 Å². The molecular formula is C23H17N5O2S. The predicted octanol–water partition coefficient (Wildman–Crippen LogP) is 2.87. The first-order valence-electron chi connectivity index (χ1n) is 9.95. The standard InChI is InChI=1S/C23H17N5O2S/c1-14-9-16-10-15(7-8-19(16)30-14)21-17(12-27(26-21)18-5-3-2-4-6-18)11-20-22(29)28-23(31-20)24-13-25-28/h2-8,10-14H,9H2,1H3. The van der Waals surface area contributed by atoms with Crippen LogP contribution in [0, 0.1) is 0 Å². The van der Waals surface area contributed by atoms with Gasteiger partial charge in [-0.1, -0.05) is 29.5 Å². The van der Waals surface area contributed by atoms with Crippen molar-refractivity contribution in [1.82, 2.24) is 24.4 Å². The van der Waals surface area contributed by atoms with E-state index in [1.165, 1.54) is 27.7 Å². The monoisotopic (exact) mass is 427 g/mol. The highest BCUT2D eigenvalue weighted by molar-refractivity contribution is 7.15. The molecule has 2 aromatic carbocycles. The molecule has 152 valence electrons. The van der Waals surface area contributed by atoms with E-state index >= 15 is 0 Å². The van der Waals surface area contributed by atoms with Crippen molar-refractivity contribution >= 4 is 22.4 Å². The Morgan fingerprint density at radius 2 is 2.06 bits per heavy atom. The average molecular weight is 427 g/mol. The number of para-hydroxylation sites is 1. The van der Waals surface area contributed by atoms with E-state index in [1.54, 1.807) is 0 Å². The summed E-state index contributed by atoms with van der Waals surface area (Å²) < 4.78 is 9.59. The lowest BCUT2D eigenvalue weighted by molar-refractivity contribution is 0.254. The zero-order valence-corrected chi connectivity index (χ0v) is 17.4. The third-order valence-electron chi connectivity index (χ3n) is 5.34. The van der Waals surface area contributed by atoms with Crippen molar-refractivity contribution < 1.29 is 4.74 Å². The van der Waals surface area contributed by atoms with Gasteiger partial charge in [0.25, 0.3) is 5.56 Å². The van der Waals surface area contributed by atoms with Crippen LogP contribution in [0.15, 0.2) is 65.8 Å². The minimum atomic E-state index is -0.174. The van der Waals surface area contributed by atoms with Gasteiger partial charge in [0.05, 0.1) is 10.2 Å². The topological polar surface area (TPSA) is 74.3 Å². The minimum Gasteiger partial charge on any atom is -0.490 e. The van der Waals surface area contributed by atoms with E-state index in [1.807, 2.05) is 59.4 Å². The van der Waals surface area contributed by atoms with Crippen molar-refractivity contribution in [1.29, 1.82) is 0 Å². The Labute approximate surface area is 180 Å². The molecule has 5 aromatic rings. The lowest BCUT2D eigenvalue weighted by Gasteiger charge is -2.04. The highest BCUT2D eigenvalue weighted by Crippen LogP contribution is 2.34. The van der Waals surface area contributed by atoms with Gasteiger partial charge >= 0.3 is 0 Å². The molecule has 7 nitrogen and oxygen atoms in total. The number of benzene rings is 2. The Hall–Kier alpha value is -3.78. The highest BCUT2D eigenvalue weighted by atomic mass is 32.1. The number of fused-ring (bicyclic) bond motifs is 2. The number of hydrogen-bond acceptors (Lipinski definition) is 6. The van der Waals surface area contributed by atoms with Gasteiger partial charge in [-0.2, -0.15) is 14.7 Å². The Morgan fingerprint density at radius 1 is 1.19 bits per heavy atom. The van der Waals surface area contributed by atoms with Crippen LogP contribution in [0.1, 0.15) is 18.1 Å². The van der Waals surface area contributed by atoms with Gasteiger partial charge in [-0.05, 0) is 48.9 Å². The lowest BCUT2D eigenvalue weighted by atomic mass is 10.0. The van der Waals surface area contributed by atoms with Crippen molar-refractivity contribution in [2.24, 2.45) is 0 Å². The van der Waals surface area contributed by atoms with Crippen LogP contribution in [0.3, 0.4) is 0 Å². The first-order valence-corrected chi connectivity index (χ1v) is 10.8. The minimum absolute atomic E-state index is 0.174. The van der Waals surface area contributed by atoms with Gasteiger partial charge in [-0.15, -0.1) is 0 Å². The van der Waals surface area contributed by atoms with Gasteiger partial charge in [0.1, 0.15) is 23.9 Å². The van der Waals surface area contributed by atoms with E-state index in [2.05, 4.69) is 23.1 Å². The Kier molecular flexibility index (Phi) is 4.00. The summed E-state index contributed by atoms with van der Waals surface area (Å²) in [5, 5.41) is 8.88. The van der Waals surface area contributed by atoms with E-state index in [0.717, 1.165) is 34.7 Å². The molecule has 0 N–H and O–H groups in total. The normalized spacial score (nSPS) is 16.0. The van der Waals surface area contributed by atoms with E-state index in [-0.39, 0.29) is 11.7 Å². The Balaban J connectivity index is 1.55. The number of ether oxygens (including phenoxy) is 1. The molecule has 1 atom stereocenters.